The van der Waals surface area contributed by atoms with Crippen molar-refractivity contribution in [3.8, 4) is 5.75 Å². The Kier molecular flexibility index (Phi) is 10.4. The van der Waals surface area contributed by atoms with E-state index >= 15 is 0 Å². The van der Waals surface area contributed by atoms with Gasteiger partial charge in [-0.25, -0.2) is 9.59 Å². The number of aromatic hydroxyl groups is 1. The maximum atomic E-state index is 12.7. The number of phenols is 1. The number of carbonyl (C=O) groups is 3. The molecule has 1 aromatic carbocycles. The van der Waals surface area contributed by atoms with Gasteiger partial charge in [-0.2, -0.15) is 0 Å². The first-order valence-electron chi connectivity index (χ1n) is 11.8. The number of methoxy groups -OCH3 is 1. The Morgan fingerprint density at radius 1 is 1.05 bits per heavy atom. The van der Waals surface area contributed by atoms with Crippen LogP contribution in [0.25, 0.3) is 0 Å². The molecule has 2 aliphatic heterocycles. The second-order valence-electron chi connectivity index (χ2n) is 8.74. The van der Waals surface area contributed by atoms with Crippen molar-refractivity contribution in [2.45, 2.75) is 49.8 Å². The lowest BCUT2D eigenvalue weighted by atomic mass is 9.86. The number of aliphatic carboxylic acids is 1. The van der Waals surface area contributed by atoms with Crippen molar-refractivity contribution in [3.05, 3.63) is 53.3 Å². The van der Waals surface area contributed by atoms with E-state index in [1.54, 1.807) is 12.1 Å². The zero-order valence-electron chi connectivity index (χ0n) is 20.8. The zero-order valence-corrected chi connectivity index (χ0v) is 20.8. The maximum Gasteiger partial charge on any atom is 0.337 e. The number of hydrogen-bond acceptors (Lipinski definition) is 13. The van der Waals surface area contributed by atoms with Crippen LogP contribution in [0.15, 0.2) is 47.7 Å². The first kappa shape index (κ1) is 30.0. The smallest absolute Gasteiger partial charge is 0.337 e. The molecule has 0 spiro atoms. The Bertz CT molecular complexity index is 1080. The van der Waals surface area contributed by atoms with Gasteiger partial charge in [0, 0.05) is 24.0 Å². The number of hydrogen-bond donors (Lipinski definition) is 6. The largest absolute Gasteiger partial charge is 0.508 e. The van der Waals surface area contributed by atoms with E-state index < -0.39 is 73.8 Å². The summed E-state index contributed by atoms with van der Waals surface area (Å²) in [7, 11) is 1.08. The minimum absolute atomic E-state index is 0.0487. The fourth-order valence-corrected chi connectivity index (χ4v) is 4.07. The molecule has 0 aliphatic carbocycles. The van der Waals surface area contributed by atoms with Crippen molar-refractivity contribution < 1.29 is 68.7 Å². The van der Waals surface area contributed by atoms with Crippen molar-refractivity contribution in [2.75, 3.05) is 20.3 Å². The molecule has 6 N–H and O–H groups in total. The molecule has 1 aromatic rings. The maximum absolute atomic E-state index is 12.7. The number of ether oxygens (including phenoxy) is 5. The minimum Gasteiger partial charge on any atom is -0.508 e. The predicted molar refractivity (Wildman–Crippen MR) is 126 cm³/mol. The van der Waals surface area contributed by atoms with Gasteiger partial charge in [-0.1, -0.05) is 12.1 Å². The fraction of sp³-hybridized carbons (Fsp3) is 0.480. The van der Waals surface area contributed by atoms with Crippen LogP contribution in [0.3, 0.4) is 0 Å². The van der Waals surface area contributed by atoms with Gasteiger partial charge in [0.15, 0.2) is 6.29 Å². The first-order valence-corrected chi connectivity index (χ1v) is 11.8. The summed E-state index contributed by atoms with van der Waals surface area (Å²) >= 11 is 0. The lowest BCUT2D eigenvalue weighted by Gasteiger charge is -2.41. The Morgan fingerprint density at radius 3 is 2.36 bits per heavy atom. The number of aliphatic hydroxyl groups excluding tert-OH is 4. The number of esters is 2. The molecule has 1 saturated heterocycles. The molecule has 14 nitrogen and oxygen atoms in total. The highest BCUT2D eigenvalue weighted by Crippen LogP contribution is 2.36. The van der Waals surface area contributed by atoms with Gasteiger partial charge in [-0.05, 0) is 17.7 Å². The lowest BCUT2D eigenvalue weighted by molar-refractivity contribution is -0.327. The minimum atomic E-state index is -1.83. The van der Waals surface area contributed by atoms with Gasteiger partial charge in [0.05, 0.1) is 38.6 Å². The summed E-state index contributed by atoms with van der Waals surface area (Å²) in [4.78, 5) is 36.8. The number of rotatable bonds is 10. The molecule has 39 heavy (non-hydrogen) atoms. The summed E-state index contributed by atoms with van der Waals surface area (Å²) in [6.07, 6.45) is -8.56. The molecule has 14 heteroatoms. The number of carbonyl (C=O) groups excluding carboxylic acids is 2. The molecule has 0 radical (unpaired) electrons. The molecule has 2 aliphatic rings. The quantitative estimate of drug-likeness (QED) is 0.147. The SMILES string of the molecule is COC(=O)C1=COC(O[C@@H]2O[C@H](CO)[C@@H](O)[C@H](O)[C@H]2O)/C(=C/C(=O)O)C1CC(=O)OCCc1ccc(O)cc1. The van der Waals surface area contributed by atoms with E-state index in [2.05, 4.69) is 0 Å². The first-order chi connectivity index (χ1) is 18.5. The molecule has 0 aromatic heterocycles. The summed E-state index contributed by atoms with van der Waals surface area (Å²) in [5, 5.41) is 58.6. The summed E-state index contributed by atoms with van der Waals surface area (Å²) in [6, 6.07) is 6.25. The van der Waals surface area contributed by atoms with Gasteiger partial charge in [0.1, 0.15) is 30.2 Å². The molecular formula is C25H30O14. The van der Waals surface area contributed by atoms with Crippen LogP contribution in [0, 0.1) is 5.92 Å². The number of benzene rings is 1. The monoisotopic (exact) mass is 554 g/mol. The summed E-state index contributed by atoms with van der Waals surface area (Å²) in [5.41, 5.74) is 0.327. The van der Waals surface area contributed by atoms with Crippen LogP contribution in [0.4, 0.5) is 0 Å². The molecule has 0 amide bonds. The highest BCUT2D eigenvalue weighted by Gasteiger charge is 2.47. The van der Waals surface area contributed by atoms with E-state index in [1.165, 1.54) is 12.1 Å². The lowest BCUT2D eigenvalue weighted by Crippen LogP contribution is -2.60. The van der Waals surface area contributed by atoms with Gasteiger partial charge in [-0.15, -0.1) is 0 Å². The molecule has 2 unspecified atom stereocenters. The van der Waals surface area contributed by atoms with E-state index in [-0.39, 0.29) is 23.5 Å². The topological polar surface area (TPSA) is 219 Å². The molecule has 7 atom stereocenters. The summed E-state index contributed by atoms with van der Waals surface area (Å²) in [6.45, 7) is -0.786. The third-order valence-electron chi connectivity index (χ3n) is 6.15. The predicted octanol–water partition coefficient (Wildman–Crippen LogP) is -1.28. The van der Waals surface area contributed by atoms with E-state index in [0.29, 0.717) is 12.5 Å². The second-order valence-corrected chi connectivity index (χ2v) is 8.74. The van der Waals surface area contributed by atoms with Crippen LogP contribution in [0.1, 0.15) is 12.0 Å². The van der Waals surface area contributed by atoms with Crippen molar-refractivity contribution >= 4 is 17.9 Å². The van der Waals surface area contributed by atoms with Gasteiger partial charge in [-0.3, -0.25) is 4.79 Å². The second kappa shape index (κ2) is 13.5. The van der Waals surface area contributed by atoms with E-state index in [0.717, 1.165) is 18.9 Å². The third kappa shape index (κ3) is 7.53. The summed E-state index contributed by atoms with van der Waals surface area (Å²) in [5.74, 6) is -4.36. The van der Waals surface area contributed by atoms with Crippen molar-refractivity contribution in [3.63, 3.8) is 0 Å². The van der Waals surface area contributed by atoms with Crippen molar-refractivity contribution in [1.82, 2.24) is 0 Å². The average molecular weight is 555 g/mol. The highest BCUT2D eigenvalue weighted by atomic mass is 16.8. The van der Waals surface area contributed by atoms with Crippen molar-refractivity contribution in [2.24, 2.45) is 5.92 Å². The number of carboxylic acids is 1. The standard InChI is InChI=1S/C25H30O14/c1-35-23(34)16-11-37-24(39-25-22(33)21(32)20(31)17(10-26)38-25)15(8-18(28)29)14(16)9-19(30)36-7-6-12-2-4-13(27)5-3-12/h2-5,8,11,14,17,20-22,24-27,31-33H,6-7,9-10H2,1H3,(H,28,29)/b15-8+/t14?,17-,20-,21+,22-,24?,25+/m1/s1. The third-order valence-corrected chi connectivity index (χ3v) is 6.15. The Labute approximate surface area is 222 Å². The van der Waals surface area contributed by atoms with Crippen LogP contribution in [-0.2, 0) is 44.5 Å². The Hall–Kier alpha value is -3.53. The van der Waals surface area contributed by atoms with E-state index in [4.69, 9.17) is 23.7 Å². The molecule has 0 saturated carbocycles. The van der Waals surface area contributed by atoms with Crippen LogP contribution in [0.5, 0.6) is 5.75 Å². The molecule has 0 bridgehead atoms. The number of aliphatic hydroxyl groups is 4. The Morgan fingerprint density at radius 2 is 1.74 bits per heavy atom. The Balaban J connectivity index is 1.80. The normalized spacial score (nSPS) is 29.7. The molecular weight excluding hydrogens is 524 g/mol. The highest BCUT2D eigenvalue weighted by molar-refractivity contribution is 5.91. The molecule has 214 valence electrons. The van der Waals surface area contributed by atoms with Crippen LogP contribution in [0.2, 0.25) is 0 Å². The number of phenolic OH excluding ortho intramolecular Hbond substituents is 1. The summed E-state index contributed by atoms with van der Waals surface area (Å²) < 4.78 is 26.2. The van der Waals surface area contributed by atoms with Crippen molar-refractivity contribution in [1.29, 1.82) is 0 Å². The van der Waals surface area contributed by atoms with Crippen LogP contribution in [-0.4, -0.2) is 106 Å². The van der Waals surface area contributed by atoms with Gasteiger partial charge in [0.25, 0.3) is 0 Å². The fourth-order valence-electron chi connectivity index (χ4n) is 4.07. The zero-order chi connectivity index (χ0) is 28.7. The van der Waals surface area contributed by atoms with E-state index in [1.807, 2.05) is 0 Å². The van der Waals surface area contributed by atoms with Gasteiger partial charge < -0.3 is 54.3 Å². The molecule has 1 fully saturated rings. The molecule has 3 rings (SSSR count). The molecule has 2 heterocycles. The average Bonchev–Trinajstić information content (AvgIpc) is 2.91. The number of carboxylic acid groups (broad SMARTS) is 1. The van der Waals surface area contributed by atoms with E-state index in [9.17, 15) is 45.0 Å². The van der Waals surface area contributed by atoms with Gasteiger partial charge in [0.2, 0.25) is 6.29 Å². The van der Waals surface area contributed by atoms with Gasteiger partial charge >= 0.3 is 17.9 Å². The van der Waals surface area contributed by atoms with Crippen LogP contribution < -0.4 is 0 Å². The van der Waals surface area contributed by atoms with Crippen LogP contribution >= 0.6 is 0 Å².